The normalized spacial score (nSPS) is 12.1. The zero-order valence-electron chi connectivity index (χ0n) is 17.1. The van der Waals surface area contributed by atoms with E-state index in [2.05, 4.69) is 66.5 Å². The number of aromatic nitrogens is 1. The summed E-state index contributed by atoms with van der Waals surface area (Å²) in [6.45, 7) is 2.92. The topological polar surface area (TPSA) is 43.3 Å². The zero-order chi connectivity index (χ0) is 19.9. The molecule has 0 aliphatic heterocycles. The van der Waals surface area contributed by atoms with Crippen molar-refractivity contribution < 1.29 is 9.53 Å². The Hall–Kier alpha value is -2.75. The van der Waals surface area contributed by atoms with E-state index in [1.165, 1.54) is 16.5 Å². The predicted molar refractivity (Wildman–Crippen MR) is 115 cm³/mol. The van der Waals surface area contributed by atoms with E-state index in [0.29, 0.717) is 6.42 Å². The fourth-order valence-corrected chi connectivity index (χ4v) is 3.75. The number of hydrogen-bond donors (Lipinski definition) is 1. The summed E-state index contributed by atoms with van der Waals surface area (Å²) in [7, 11) is 3.72. The van der Waals surface area contributed by atoms with Crippen LogP contribution < -0.4 is 10.1 Å². The molecule has 3 aromatic rings. The molecule has 1 atom stereocenters. The van der Waals surface area contributed by atoms with E-state index in [0.717, 1.165) is 37.1 Å². The first-order chi connectivity index (χ1) is 13.6. The molecule has 0 unspecified atom stereocenters. The average Bonchev–Trinajstić information content (AvgIpc) is 3.06. The summed E-state index contributed by atoms with van der Waals surface area (Å²) in [5, 5.41) is 4.29. The first-order valence-corrected chi connectivity index (χ1v) is 10.1. The summed E-state index contributed by atoms with van der Waals surface area (Å²) in [5.74, 6) is 0.928. The van der Waals surface area contributed by atoms with Crippen LogP contribution in [0.4, 0.5) is 0 Å². The van der Waals surface area contributed by atoms with Gasteiger partial charge in [-0.3, -0.25) is 4.79 Å². The number of carbonyl (C=O) groups is 1. The second-order valence-electron chi connectivity index (χ2n) is 7.30. The number of hydrogen-bond acceptors (Lipinski definition) is 2. The van der Waals surface area contributed by atoms with Gasteiger partial charge >= 0.3 is 0 Å². The number of para-hydroxylation sites is 1. The third-order valence-electron chi connectivity index (χ3n) is 5.31. The first kappa shape index (κ1) is 20.0. The molecule has 1 heterocycles. The van der Waals surface area contributed by atoms with Gasteiger partial charge in [-0.15, -0.1) is 0 Å². The Labute approximate surface area is 167 Å². The summed E-state index contributed by atoms with van der Waals surface area (Å²) in [6.07, 6.45) is 5.92. The Kier molecular flexibility index (Phi) is 6.75. The number of amides is 1. The van der Waals surface area contributed by atoms with E-state index in [1.807, 2.05) is 12.1 Å². The Bertz CT molecular complexity index is 912. The maximum Gasteiger partial charge on any atom is 0.220 e. The van der Waals surface area contributed by atoms with Crippen molar-refractivity contribution in [1.82, 2.24) is 9.88 Å². The second-order valence-corrected chi connectivity index (χ2v) is 7.30. The molecule has 2 aromatic carbocycles. The van der Waals surface area contributed by atoms with Gasteiger partial charge in [-0.2, -0.15) is 0 Å². The van der Waals surface area contributed by atoms with Gasteiger partial charge in [-0.05, 0) is 35.7 Å². The lowest BCUT2D eigenvalue weighted by atomic mass is 9.88. The number of methoxy groups -OCH3 is 1. The van der Waals surface area contributed by atoms with Crippen molar-refractivity contribution in [3.8, 4) is 5.75 Å². The van der Waals surface area contributed by atoms with Gasteiger partial charge in [0.15, 0.2) is 0 Å². The van der Waals surface area contributed by atoms with Crippen molar-refractivity contribution in [3.63, 3.8) is 0 Å². The van der Waals surface area contributed by atoms with Crippen molar-refractivity contribution in [3.05, 3.63) is 65.9 Å². The first-order valence-electron chi connectivity index (χ1n) is 10.1. The van der Waals surface area contributed by atoms with Crippen molar-refractivity contribution in [2.24, 2.45) is 7.05 Å². The van der Waals surface area contributed by atoms with Gasteiger partial charge in [-0.25, -0.2) is 0 Å². The molecule has 3 rings (SSSR count). The Morgan fingerprint density at radius 1 is 1.11 bits per heavy atom. The van der Waals surface area contributed by atoms with Crippen LogP contribution in [-0.2, 0) is 11.8 Å². The number of unbranched alkanes of at least 4 members (excludes halogenated alkanes) is 2. The number of rotatable bonds is 9. The highest BCUT2D eigenvalue weighted by molar-refractivity contribution is 5.86. The molecule has 0 radical (unpaired) electrons. The highest BCUT2D eigenvalue weighted by atomic mass is 16.5. The van der Waals surface area contributed by atoms with Gasteiger partial charge in [0.25, 0.3) is 0 Å². The Morgan fingerprint density at radius 3 is 2.57 bits per heavy atom. The van der Waals surface area contributed by atoms with E-state index in [9.17, 15) is 4.79 Å². The van der Waals surface area contributed by atoms with Crippen LogP contribution in [0.25, 0.3) is 10.9 Å². The van der Waals surface area contributed by atoms with Crippen LogP contribution in [0.1, 0.15) is 49.7 Å². The maximum atomic E-state index is 12.7. The highest BCUT2D eigenvalue weighted by Crippen LogP contribution is 2.35. The molecule has 0 fully saturated rings. The number of aryl methyl sites for hydroxylation is 1. The Morgan fingerprint density at radius 2 is 1.86 bits per heavy atom. The molecule has 4 nitrogen and oxygen atoms in total. The van der Waals surface area contributed by atoms with Crippen molar-refractivity contribution in [1.29, 1.82) is 0 Å². The highest BCUT2D eigenvalue weighted by Gasteiger charge is 2.22. The summed E-state index contributed by atoms with van der Waals surface area (Å²) in [6, 6.07) is 16.4. The van der Waals surface area contributed by atoms with Crippen LogP contribution in [0.5, 0.6) is 5.75 Å². The smallest absolute Gasteiger partial charge is 0.220 e. The van der Waals surface area contributed by atoms with Gasteiger partial charge in [0, 0.05) is 43.0 Å². The molecule has 148 valence electrons. The number of ether oxygens (including phenoxy) is 1. The van der Waals surface area contributed by atoms with Crippen LogP contribution >= 0.6 is 0 Å². The van der Waals surface area contributed by atoms with Gasteiger partial charge in [-0.1, -0.05) is 50.1 Å². The van der Waals surface area contributed by atoms with Gasteiger partial charge in [0.2, 0.25) is 5.91 Å². The number of fused-ring (bicyclic) bond motifs is 1. The molecule has 0 aliphatic rings. The van der Waals surface area contributed by atoms with Crippen LogP contribution in [0, 0.1) is 0 Å². The maximum absolute atomic E-state index is 12.7. The van der Waals surface area contributed by atoms with E-state index in [-0.39, 0.29) is 11.8 Å². The van der Waals surface area contributed by atoms with E-state index in [4.69, 9.17) is 4.74 Å². The van der Waals surface area contributed by atoms with Gasteiger partial charge < -0.3 is 14.6 Å². The molecular formula is C24H30N2O2. The molecular weight excluding hydrogens is 348 g/mol. The quantitative estimate of drug-likeness (QED) is 0.532. The third kappa shape index (κ3) is 4.56. The van der Waals surface area contributed by atoms with Crippen LogP contribution in [0.15, 0.2) is 54.7 Å². The van der Waals surface area contributed by atoms with Crippen molar-refractivity contribution in [2.75, 3.05) is 13.7 Å². The minimum atomic E-state index is 0.00295. The zero-order valence-corrected chi connectivity index (χ0v) is 17.1. The summed E-state index contributed by atoms with van der Waals surface area (Å²) in [4.78, 5) is 12.7. The molecule has 0 bridgehead atoms. The van der Waals surface area contributed by atoms with Crippen LogP contribution in [-0.4, -0.2) is 24.1 Å². The van der Waals surface area contributed by atoms with Crippen LogP contribution in [0.2, 0.25) is 0 Å². The Balaban J connectivity index is 1.90. The molecule has 1 aromatic heterocycles. The standard InChI is InChI=1S/C24H30N2O2/c1-4-5-8-15-25-24(27)16-21(18-11-13-19(28-3)14-12-18)22-17-26(2)23-10-7-6-9-20(22)23/h6-7,9-14,17,21H,4-5,8,15-16H2,1-3H3,(H,25,27)/t21-/m0/s1. The SMILES string of the molecule is CCCCCNC(=O)C[C@@H](c1ccc(OC)cc1)c1cn(C)c2ccccc12. The number of nitrogens with one attached hydrogen (secondary N) is 1. The average molecular weight is 379 g/mol. The molecule has 4 heteroatoms. The fraction of sp³-hybridized carbons (Fsp3) is 0.375. The molecule has 28 heavy (non-hydrogen) atoms. The molecule has 0 aliphatic carbocycles. The van der Waals surface area contributed by atoms with Gasteiger partial charge in [0.1, 0.15) is 5.75 Å². The lowest BCUT2D eigenvalue weighted by Gasteiger charge is -2.18. The molecule has 0 spiro atoms. The fourth-order valence-electron chi connectivity index (χ4n) is 3.75. The van der Waals surface area contributed by atoms with E-state index < -0.39 is 0 Å². The molecule has 1 N–H and O–H groups in total. The monoisotopic (exact) mass is 378 g/mol. The molecule has 1 amide bonds. The lowest BCUT2D eigenvalue weighted by Crippen LogP contribution is -2.26. The van der Waals surface area contributed by atoms with Crippen LogP contribution in [0.3, 0.4) is 0 Å². The largest absolute Gasteiger partial charge is 0.497 e. The number of carbonyl (C=O) groups excluding carboxylic acids is 1. The minimum absolute atomic E-state index is 0.00295. The third-order valence-corrected chi connectivity index (χ3v) is 5.31. The van der Waals surface area contributed by atoms with Crippen molar-refractivity contribution >= 4 is 16.8 Å². The van der Waals surface area contributed by atoms with Gasteiger partial charge in [0.05, 0.1) is 7.11 Å². The van der Waals surface area contributed by atoms with Crippen molar-refractivity contribution in [2.45, 2.75) is 38.5 Å². The summed E-state index contributed by atoms with van der Waals surface area (Å²) < 4.78 is 7.44. The number of benzene rings is 2. The summed E-state index contributed by atoms with van der Waals surface area (Å²) in [5.41, 5.74) is 3.49. The molecule has 0 saturated heterocycles. The van der Waals surface area contributed by atoms with E-state index in [1.54, 1.807) is 7.11 Å². The summed E-state index contributed by atoms with van der Waals surface area (Å²) >= 11 is 0. The van der Waals surface area contributed by atoms with E-state index >= 15 is 0 Å². The number of nitrogens with zero attached hydrogens (tertiary/aromatic N) is 1. The second kappa shape index (κ2) is 9.45. The minimum Gasteiger partial charge on any atom is -0.497 e. The predicted octanol–water partition coefficient (Wildman–Crippen LogP) is 5.02. The lowest BCUT2D eigenvalue weighted by molar-refractivity contribution is -0.121. The molecule has 0 saturated carbocycles.